The van der Waals surface area contributed by atoms with E-state index in [1.807, 2.05) is 85.8 Å². The summed E-state index contributed by atoms with van der Waals surface area (Å²) in [5.41, 5.74) is 3.97. The molecule has 4 rings (SSSR count). The van der Waals surface area contributed by atoms with Crippen LogP contribution in [0.2, 0.25) is 0 Å². The zero-order valence-corrected chi connectivity index (χ0v) is 20.5. The van der Waals surface area contributed by atoms with Crippen LogP contribution in [-0.2, 0) is 11.4 Å². The molecular formula is C28H28N2O3S. The Morgan fingerprint density at radius 3 is 2.47 bits per heavy atom. The zero-order valence-electron chi connectivity index (χ0n) is 19.7. The molecule has 3 aromatic carbocycles. The third-order valence-electron chi connectivity index (χ3n) is 5.32. The van der Waals surface area contributed by atoms with Gasteiger partial charge in [0.15, 0.2) is 16.7 Å². The molecule has 0 aliphatic carbocycles. The highest BCUT2D eigenvalue weighted by molar-refractivity contribution is 8.18. The first-order valence-corrected chi connectivity index (χ1v) is 12.1. The summed E-state index contributed by atoms with van der Waals surface area (Å²) in [6, 6.07) is 23.7. The van der Waals surface area contributed by atoms with Crippen molar-refractivity contribution in [2.75, 3.05) is 13.7 Å². The Morgan fingerprint density at radius 2 is 1.76 bits per heavy atom. The van der Waals surface area contributed by atoms with Gasteiger partial charge >= 0.3 is 0 Å². The lowest BCUT2D eigenvalue weighted by Crippen LogP contribution is -2.29. The number of aliphatic imine (C=N–C) groups is 1. The van der Waals surface area contributed by atoms with Gasteiger partial charge in [0.1, 0.15) is 6.61 Å². The minimum Gasteiger partial charge on any atom is -0.493 e. The topological polar surface area (TPSA) is 51.1 Å². The molecule has 1 heterocycles. The maximum atomic E-state index is 13.1. The second-order valence-corrected chi connectivity index (χ2v) is 8.99. The number of hydrogen-bond acceptors (Lipinski definition) is 5. The quantitative estimate of drug-likeness (QED) is 0.347. The fraction of sp³-hybridized carbons (Fsp3) is 0.214. The van der Waals surface area contributed by atoms with Gasteiger partial charge in [-0.15, -0.1) is 0 Å². The lowest BCUT2D eigenvalue weighted by atomic mass is 10.1. The molecule has 1 aliphatic rings. The number of nitrogens with zero attached hydrogens (tertiary/aromatic N) is 2. The van der Waals surface area contributed by atoms with Gasteiger partial charge in [-0.1, -0.05) is 61.0 Å². The predicted molar refractivity (Wildman–Crippen MR) is 140 cm³/mol. The molecule has 1 fully saturated rings. The van der Waals surface area contributed by atoms with Crippen LogP contribution in [0.5, 0.6) is 11.5 Å². The summed E-state index contributed by atoms with van der Waals surface area (Å²) in [6.45, 7) is 5.18. The van der Waals surface area contributed by atoms with Gasteiger partial charge in [0.2, 0.25) is 0 Å². The van der Waals surface area contributed by atoms with Crippen LogP contribution in [0.4, 0.5) is 5.69 Å². The van der Waals surface area contributed by atoms with E-state index in [-0.39, 0.29) is 5.91 Å². The Kier molecular flexibility index (Phi) is 7.70. The van der Waals surface area contributed by atoms with Crippen LogP contribution < -0.4 is 9.47 Å². The van der Waals surface area contributed by atoms with Crippen LogP contribution in [0, 0.1) is 6.92 Å². The van der Waals surface area contributed by atoms with Crippen LogP contribution in [0.15, 0.2) is 82.7 Å². The van der Waals surface area contributed by atoms with Crippen molar-refractivity contribution in [2.45, 2.75) is 26.9 Å². The average Bonchev–Trinajstić information content (AvgIpc) is 3.14. The van der Waals surface area contributed by atoms with Crippen LogP contribution in [0.1, 0.15) is 30.0 Å². The van der Waals surface area contributed by atoms with E-state index in [0.717, 1.165) is 23.2 Å². The first-order chi connectivity index (χ1) is 16.6. The number of methoxy groups -OCH3 is 1. The van der Waals surface area contributed by atoms with Crippen molar-refractivity contribution in [3.05, 3.63) is 94.4 Å². The van der Waals surface area contributed by atoms with Gasteiger partial charge in [0.05, 0.1) is 17.7 Å². The highest BCUT2D eigenvalue weighted by Crippen LogP contribution is 2.36. The van der Waals surface area contributed by atoms with Crippen molar-refractivity contribution in [3.8, 4) is 11.5 Å². The first kappa shape index (κ1) is 23.6. The lowest BCUT2D eigenvalue weighted by Gasteiger charge is -2.14. The highest BCUT2D eigenvalue weighted by Gasteiger charge is 2.32. The SMILES string of the molecule is CCCN1C(=O)/C(=C\c2ccc(OCc3ccccc3)c(OC)c2)SC1=Nc1ccc(C)cc1. The number of thioether (sulfide) groups is 1. The standard InChI is InChI=1S/C28H28N2O3S/c1-4-16-30-27(31)26(34-28(30)29-23-13-10-20(2)11-14-23)18-22-12-15-24(25(17-22)32-3)33-19-21-8-6-5-7-9-21/h5-15,17-18H,4,16,19H2,1-3H3/b26-18+,29-28?. The van der Waals surface area contributed by atoms with Gasteiger partial charge in [-0.3, -0.25) is 9.69 Å². The molecule has 6 heteroatoms. The van der Waals surface area contributed by atoms with Crippen LogP contribution >= 0.6 is 11.8 Å². The normalized spacial score (nSPS) is 15.9. The smallest absolute Gasteiger partial charge is 0.266 e. The fourth-order valence-corrected chi connectivity index (χ4v) is 4.55. The first-order valence-electron chi connectivity index (χ1n) is 11.3. The maximum absolute atomic E-state index is 13.1. The predicted octanol–water partition coefficient (Wildman–Crippen LogP) is 6.60. The van der Waals surface area contributed by atoms with Gasteiger partial charge in [0.25, 0.3) is 5.91 Å². The minimum absolute atomic E-state index is 0.0268. The number of amidine groups is 1. The van der Waals surface area contributed by atoms with Gasteiger partial charge < -0.3 is 9.47 Å². The Balaban J connectivity index is 1.56. The molecule has 174 valence electrons. The van der Waals surface area contributed by atoms with Crippen LogP contribution in [0.25, 0.3) is 6.08 Å². The number of carbonyl (C=O) groups is 1. The Bertz CT molecular complexity index is 1200. The van der Waals surface area contributed by atoms with Crippen LogP contribution in [-0.4, -0.2) is 29.6 Å². The Hall–Kier alpha value is -3.51. The Labute approximate surface area is 205 Å². The molecule has 5 nitrogen and oxygen atoms in total. The summed E-state index contributed by atoms with van der Waals surface area (Å²) >= 11 is 1.40. The Morgan fingerprint density at radius 1 is 1.00 bits per heavy atom. The molecule has 0 atom stereocenters. The molecular weight excluding hydrogens is 444 g/mol. The van der Waals surface area contributed by atoms with Crippen molar-refractivity contribution >= 4 is 34.6 Å². The molecule has 0 spiro atoms. The number of rotatable bonds is 8. The summed E-state index contributed by atoms with van der Waals surface area (Å²) in [7, 11) is 1.62. The van der Waals surface area contributed by atoms with E-state index in [1.165, 1.54) is 17.3 Å². The van der Waals surface area contributed by atoms with E-state index in [0.29, 0.717) is 34.7 Å². The summed E-state index contributed by atoms with van der Waals surface area (Å²) in [6.07, 6.45) is 2.74. The van der Waals surface area contributed by atoms with Gasteiger partial charge in [-0.05, 0) is 66.6 Å². The number of benzene rings is 3. The van der Waals surface area contributed by atoms with E-state index in [1.54, 1.807) is 12.0 Å². The third-order valence-corrected chi connectivity index (χ3v) is 6.32. The second kappa shape index (κ2) is 11.1. The van der Waals surface area contributed by atoms with E-state index in [9.17, 15) is 4.79 Å². The highest BCUT2D eigenvalue weighted by atomic mass is 32.2. The van der Waals surface area contributed by atoms with Crippen molar-refractivity contribution < 1.29 is 14.3 Å². The van der Waals surface area contributed by atoms with Crippen molar-refractivity contribution in [1.82, 2.24) is 4.90 Å². The van der Waals surface area contributed by atoms with Gasteiger partial charge in [-0.25, -0.2) is 4.99 Å². The summed E-state index contributed by atoms with van der Waals surface area (Å²) < 4.78 is 11.5. The largest absolute Gasteiger partial charge is 0.493 e. The van der Waals surface area contributed by atoms with Gasteiger partial charge in [0, 0.05) is 6.54 Å². The number of ether oxygens (including phenoxy) is 2. The molecule has 0 unspecified atom stereocenters. The molecule has 1 saturated heterocycles. The van der Waals surface area contributed by atoms with Crippen LogP contribution in [0.3, 0.4) is 0 Å². The van der Waals surface area contributed by atoms with E-state index >= 15 is 0 Å². The van der Waals surface area contributed by atoms with E-state index in [2.05, 4.69) is 6.92 Å². The monoisotopic (exact) mass is 472 g/mol. The molecule has 0 N–H and O–H groups in total. The van der Waals surface area contributed by atoms with Crippen molar-refractivity contribution in [2.24, 2.45) is 4.99 Å². The van der Waals surface area contributed by atoms with E-state index in [4.69, 9.17) is 14.5 Å². The lowest BCUT2D eigenvalue weighted by molar-refractivity contribution is -0.122. The van der Waals surface area contributed by atoms with E-state index < -0.39 is 0 Å². The molecule has 0 saturated carbocycles. The summed E-state index contributed by atoms with van der Waals surface area (Å²) in [4.78, 5) is 20.3. The molecule has 34 heavy (non-hydrogen) atoms. The molecule has 0 bridgehead atoms. The number of carbonyl (C=O) groups excluding carboxylic acids is 1. The molecule has 0 radical (unpaired) electrons. The second-order valence-electron chi connectivity index (χ2n) is 7.98. The number of hydrogen-bond donors (Lipinski definition) is 0. The minimum atomic E-state index is -0.0268. The summed E-state index contributed by atoms with van der Waals surface area (Å²) in [5.74, 6) is 1.26. The fourth-order valence-electron chi connectivity index (χ4n) is 3.52. The van der Waals surface area contributed by atoms with Crippen molar-refractivity contribution in [1.29, 1.82) is 0 Å². The molecule has 0 aromatic heterocycles. The zero-order chi connectivity index (χ0) is 23.9. The number of aryl methyl sites for hydroxylation is 1. The maximum Gasteiger partial charge on any atom is 0.266 e. The summed E-state index contributed by atoms with van der Waals surface area (Å²) in [5, 5.41) is 0.705. The molecule has 1 aliphatic heterocycles. The molecule has 3 aromatic rings. The van der Waals surface area contributed by atoms with Gasteiger partial charge in [-0.2, -0.15) is 0 Å². The number of amides is 1. The van der Waals surface area contributed by atoms with Crippen molar-refractivity contribution in [3.63, 3.8) is 0 Å². The molecule has 1 amide bonds. The third kappa shape index (κ3) is 5.69. The average molecular weight is 473 g/mol.